The molecule has 11 rings (SSSR count). The highest BCUT2D eigenvalue weighted by molar-refractivity contribution is 6.76. The van der Waals surface area contributed by atoms with Crippen molar-refractivity contribution in [2.45, 2.75) is 171 Å². The molecule has 3 aliphatic rings. The van der Waals surface area contributed by atoms with Gasteiger partial charge in [-0.05, 0) is 69.3 Å². The first kappa shape index (κ1) is 73.7. The highest BCUT2D eigenvalue weighted by Gasteiger charge is 2.57. The van der Waals surface area contributed by atoms with Crippen LogP contribution in [0.15, 0.2) is 237 Å². The molecule has 0 spiro atoms. The van der Waals surface area contributed by atoms with E-state index in [1.807, 2.05) is 212 Å². The van der Waals surface area contributed by atoms with E-state index in [-0.39, 0.29) is 66.1 Å². The van der Waals surface area contributed by atoms with Crippen LogP contribution < -0.4 is 14.8 Å². The quantitative estimate of drug-likeness (QED) is 0.0353. The summed E-state index contributed by atoms with van der Waals surface area (Å²) in [6.07, 6.45) is -15.7. The summed E-state index contributed by atoms with van der Waals surface area (Å²) in [6, 6.07) is 75.7. The van der Waals surface area contributed by atoms with Crippen molar-refractivity contribution < 1.29 is 81.0 Å². The molecular formula is C81H95NO17Si. The minimum Gasteiger partial charge on any atom is -0.497 e. The van der Waals surface area contributed by atoms with Gasteiger partial charge >= 0.3 is 0 Å². The smallest absolute Gasteiger partial charge is 0.217 e. The Kier molecular flexibility index (Phi) is 28.0. The maximum Gasteiger partial charge on any atom is 0.217 e. The topological polar surface area (TPSA) is 188 Å². The van der Waals surface area contributed by atoms with Crippen LogP contribution in [0.4, 0.5) is 0 Å². The number of benzene rings is 8. The molecule has 19 heteroatoms. The zero-order valence-electron chi connectivity index (χ0n) is 57.6. The van der Waals surface area contributed by atoms with Crippen molar-refractivity contribution >= 4 is 14.0 Å². The van der Waals surface area contributed by atoms with Crippen molar-refractivity contribution in [2.24, 2.45) is 0 Å². The Morgan fingerprint density at radius 3 is 1.18 bits per heavy atom. The predicted molar refractivity (Wildman–Crippen MR) is 379 cm³/mol. The Morgan fingerprint density at radius 2 is 0.750 bits per heavy atom. The summed E-state index contributed by atoms with van der Waals surface area (Å²) in [4.78, 5) is 13.8. The van der Waals surface area contributed by atoms with E-state index in [0.29, 0.717) is 18.1 Å². The van der Waals surface area contributed by atoms with Crippen LogP contribution in [-0.2, 0) is 113 Å². The molecule has 3 heterocycles. The predicted octanol–water partition coefficient (Wildman–Crippen LogP) is 12.6. The number of nitrogens with one attached hydrogen (secondary N) is 1. The fraction of sp³-hybridized carbons (Fsp3) is 0.395. The van der Waals surface area contributed by atoms with Crippen LogP contribution in [0.1, 0.15) is 45.9 Å². The first-order valence-electron chi connectivity index (χ1n) is 34.5. The van der Waals surface area contributed by atoms with E-state index < -0.39 is 106 Å². The van der Waals surface area contributed by atoms with Crippen molar-refractivity contribution in [1.82, 2.24) is 5.32 Å². The fourth-order valence-electron chi connectivity index (χ4n) is 12.3. The second-order valence-corrected chi connectivity index (χ2v) is 32.1. The molecule has 530 valence electrons. The van der Waals surface area contributed by atoms with Gasteiger partial charge in [-0.15, -0.1) is 0 Å². The van der Waals surface area contributed by atoms with Crippen molar-refractivity contribution in [3.8, 4) is 11.5 Å². The number of ether oxygens (including phenoxy) is 15. The van der Waals surface area contributed by atoms with Gasteiger partial charge in [0.2, 0.25) is 5.91 Å². The Bertz CT molecular complexity index is 3590. The van der Waals surface area contributed by atoms with Gasteiger partial charge in [-0.3, -0.25) is 4.79 Å². The zero-order chi connectivity index (χ0) is 69.3. The van der Waals surface area contributed by atoms with E-state index in [1.54, 1.807) is 31.4 Å². The van der Waals surface area contributed by atoms with Gasteiger partial charge in [-0.2, -0.15) is 0 Å². The van der Waals surface area contributed by atoms with Gasteiger partial charge < -0.3 is 81.5 Å². The number of aliphatic hydroxyl groups is 1. The molecule has 1 amide bonds. The standard InChI is InChI=1S/C81H95NO17Si/c1-57(83)82-70-74(91-50-61-33-19-9-20-34-61)71(84)67(56-89-66-43-41-65(85-2)42-44-66)95-79(70)99-76-72(90-49-60-31-17-8-18-32-60)68(54-86-47-58-27-13-6-14-28-58)97-81(78(76)94-53-64-39-25-12-26-40-64)98-73-69(55-87-48-59-29-15-7-16-30-59)96-80(88-45-46-100(3,4)5)77(93-52-63-37-23-11-24-38-63)75(73)92-51-62-35-21-10-22-36-62/h6-44,67-81,84H,45-56H2,1-5H3,(H,82,83)/t67-,68-,69-,70-,71-,72+,73-,74-,75+,76+,77-,78-,79+,80-,81+/m1/s1. The molecule has 100 heavy (non-hydrogen) atoms. The molecule has 3 aliphatic heterocycles. The van der Waals surface area contributed by atoms with Gasteiger partial charge in [0.05, 0.1) is 66.6 Å². The van der Waals surface area contributed by atoms with Crippen LogP contribution in [0.3, 0.4) is 0 Å². The summed E-state index contributed by atoms with van der Waals surface area (Å²) >= 11 is 0. The number of hydrogen-bond acceptors (Lipinski definition) is 17. The lowest BCUT2D eigenvalue weighted by Crippen LogP contribution is -2.69. The summed E-state index contributed by atoms with van der Waals surface area (Å²) < 4.78 is 105. The van der Waals surface area contributed by atoms with Crippen molar-refractivity contribution in [3.63, 3.8) is 0 Å². The Morgan fingerprint density at radius 1 is 0.390 bits per heavy atom. The summed E-state index contributed by atoms with van der Waals surface area (Å²) in [5.41, 5.74) is 6.26. The van der Waals surface area contributed by atoms with E-state index in [4.69, 9.17) is 71.1 Å². The molecule has 3 fully saturated rings. The lowest BCUT2D eigenvalue weighted by Gasteiger charge is -2.51. The molecular weight excluding hydrogens is 1290 g/mol. The third-order valence-electron chi connectivity index (χ3n) is 17.6. The normalized spacial score (nSPS) is 25.4. The fourth-order valence-corrected chi connectivity index (χ4v) is 13.0. The number of methoxy groups -OCH3 is 1. The van der Waals surface area contributed by atoms with E-state index in [0.717, 1.165) is 45.0 Å². The van der Waals surface area contributed by atoms with E-state index in [2.05, 4.69) is 25.0 Å². The lowest BCUT2D eigenvalue weighted by atomic mass is 9.94. The van der Waals surface area contributed by atoms with Gasteiger partial charge in [-0.25, -0.2) is 0 Å². The molecule has 0 aliphatic carbocycles. The van der Waals surface area contributed by atoms with Crippen molar-refractivity contribution in [3.05, 3.63) is 276 Å². The summed E-state index contributed by atoms with van der Waals surface area (Å²) in [5.74, 6) is 0.694. The van der Waals surface area contributed by atoms with Gasteiger partial charge in [0, 0.05) is 21.6 Å². The number of rotatable bonds is 36. The van der Waals surface area contributed by atoms with Crippen LogP contribution >= 0.6 is 0 Å². The molecule has 3 saturated heterocycles. The van der Waals surface area contributed by atoms with Crippen LogP contribution in [-0.4, -0.2) is 145 Å². The molecule has 0 radical (unpaired) electrons. The van der Waals surface area contributed by atoms with Crippen LogP contribution in [0.25, 0.3) is 0 Å². The second kappa shape index (κ2) is 38.0. The summed E-state index contributed by atoms with van der Waals surface area (Å²) in [6.45, 7) is 9.52. The Labute approximate surface area is 588 Å². The molecule has 0 aromatic heterocycles. The lowest BCUT2D eigenvalue weighted by molar-refractivity contribution is -0.389. The van der Waals surface area contributed by atoms with Crippen molar-refractivity contribution in [2.75, 3.05) is 33.5 Å². The highest BCUT2D eigenvalue weighted by Crippen LogP contribution is 2.39. The van der Waals surface area contributed by atoms with Gasteiger partial charge in [-0.1, -0.05) is 232 Å². The SMILES string of the molecule is COc1ccc(OC[C@H]2O[C@@H](O[C@H]3[C@@H](OCc4ccccc4)[C@@H](COCc4ccccc4)O[C@@H](O[C@H]4[C@H](OCc5ccccc5)[C@@H](OCc5ccccc5)[C@H](OCC[Si](C)(C)C)O[C@@H]4COCc4ccccc4)[C@@H]3OCc3ccccc3)[C@H](NC(C)=O)[C@@H](OCc3ccccc3)[C@@H]2O)cc1. The van der Waals surface area contributed by atoms with Gasteiger partial charge in [0.1, 0.15) is 91.3 Å². The minimum absolute atomic E-state index is 0.0135. The number of carbonyl (C=O) groups excluding carboxylic acids is 1. The average Bonchev–Trinajstić information content (AvgIpc) is 0.772. The molecule has 15 atom stereocenters. The maximum atomic E-state index is 13.8. The van der Waals surface area contributed by atoms with Crippen LogP contribution in [0, 0.1) is 0 Å². The first-order chi connectivity index (χ1) is 48.9. The maximum absolute atomic E-state index is 13.8. The van der Waals surface area contributed by atoms with E-state index in [1.165, 1.54) is 6.92 Å². The molecule has 0 unspecified atom stereocenters. The molecule has 8 aromatic rings. The average molecular weight is 1380 g/mol. The third kappa shape index (κ3) is 22.0. The largest absolute Gasteiger partial charge is 0.497 e. The van der Waals surface area contributed by atoms with E-state index in [9.17, 15) is 9.90 Å². The molecule has 0 saturated carbocycles. The summed E-state index contributed by atoms with van der Waals surface area (Å²) in [7, 11) is -0.0571. The number of carbonyl (C=O) groups is 1. The van der Waals surface area contributed by atoms with Crippen LogP contribution in [0.2, 0.25) is 25.7 Å². The van der Waals surface area contributed by atoms with Gasteiger partial charge in [0.15, 0.2) is 18.9 Å². The zero-order valence-corrected chi connectivity index (χ0v) is 58.6. The first-order valence-corrected chi connectivity index (χ1v) is 38.2. The number of amides is 1. The van der Waals surface area contributed by atoms with Crippen LogP contribution in [0.5, 0.6) is 11.5 Å². The monoisotopic (exact) mass is 1380 g/mol. The third-order valence-corrected chi connectivity index (χ3v) is 19.3. The molecule has 2 N–H and O–H groups in total. The highest BCUT2D eigenvalue weighted by atomic mass is 28.3. The molecule has 18 nitrogen and oxygen atoms in total. The molecule has 8 aromatic carbocycles. The van der Waals surface area contributed by atoms with Crippen molar-refractivity contribution in [1.29, 1.82) is 0 Å². The second-order valence-electron chi connectivity index (χ2n) is 26.5. The number of aliphatic hydroxyl groups excluding tert-OH is 1. The Hall–Kier alpha value is -7.51. The van der Waals surface area contributed by atoms with E-state index >= 15 is 0 Å². The number of hydrogen-bond donors (Lipinski definition) is 2. The minimum atomic E-state index is -1.65. The van der Waals surface area contributed by atoms with Gasteiger partial charge in [0.25, 0.3) is 0 Å². The Balaban J connectivity index is 1.05. The summed E-state index contributed by atoms with van der Waals surface area (Å²) in [5, 5.41) is 15.7. The molecule has 0 bridgehead atoms.